The summed E-state index contributed by atoms with van der Waals surface area (Å²) in [7, 11) is 0. The number of benzene rings is 1. The fourth-order valence-electron chi connectivity index (χ4n) is 3.36. The van der Waals surface area contributed by atoms with E-state index in [1.54, 1.807) is 6.20 Å². The van der Waals surface area contributed by atoms with Crippen molar-refractivity contribution in [1.29, 1.82) is 0 Å². The number of hydrogen-bond donors (Lipinski definition) is 3. The van der Waals surface area contributed by atoms with Crippen molar-refractivity contribution in [3.63, 3.8) is 0 Å². The molecule has 0 amide bonds. The zero-order valence-electron chi connectivity index (χ0n) is 15.4. The molecule has 3 N–H and O–H groups in total. The van der Waals surface area contributed by atoms with Gasteiger partial charge in [-0.15, -0.1) is 0 Å². The normalized spacial score (nSPS) is 15.1. The topological polar surface area (TPSA) is 78.1 Å². The molecule has 0 aliphatic carbocycles. The minimum atomic E-state index is 0.659. The van der Waals surface area contributed by atoms with Crippen molar-refractivity contribution in [2.75, 3.05) is 56.6 Å². The molecule has 0 saturated carbocycles. The van der Waals surface area contributed by atoms with Crippen molar-refractivity contribution < 1.29 is 4.74 Å². The molecule has 0 spiro atoms. The molecule has 1 saturated heterocycles. The third-order valence-electron chi connectivity index (χ3n) is 4.85. The number of morpholine rings is 1. The van der Waals surface area contributed by atoms with Crippen LogP contribution in [0.3, 0.4) is 0 Å². The third kappa shape index (κ3) is 4.75. The van der Waals surface area contributed by atoms with Gasteiger partial charge in [-0.3, -0.25) is 4.90 Å². The molecule has 1 aliphatic heterocycles. The highest BCUT2D eigenvalue weighted by Crippen LogP contribution is 2.18. The van der Waals surface area contributed by atoms with E-state index in [1.165, 1.54) is 16.5 Å². The monoisotopic (exact) mass is 366 g/mol. The van der Waals surface area contributed by atoms with Gasteiger partial charge < -0.3 is 20.4 Å². The third-order valence-corrected chi connectivity index (χ3v) is 4.85. The van der Waals surface area contributed by atoms with Crippen molar-refractivity contribution in [2.24, 2.45) is 0 Å². The van der Waals surface area contributed by atoms with Crippen LogP contribution in [0.1, 0.15) is 5.56 Å². The minimum Gasteiger partial charge on any atom is -0.379 e. The smallest absolute Gasteiger partial charge is 0.224 e. The van der Waals surface area contributed by atoms with Crippen molar-refractivity contribution >= 4 is 22.7 Å². The van der Waals surface area contributed by atoms with Gasteiger partial charge >= 0.3 is 0 Å². The quantitative estimate of drug-likeness (QED) is 0.568. The van der Waals surface area contributed by atoms with Gasteiger partial charge in [-0.25, -0.2) is 4.98 Å². The average molecular weight is 366 g/mol. The predicted octanol–water partition coefficient (Wildman–Crippen LogP) is 2.36. The molecule has 2 aromatic heterocycles. The Kier molecular flexibility index (Phi) is 5.81. The zero-order valence-corrected chi connectivity index (χ0v) is 15.4. The number of aromatic amines is 1. The summed E-state index contributed by atoms with van der Waals surface area (Å²) in [6.07, 6.45) is 4.79. The van der Waals surface area contributed by atoms with Crippen LogP contribution in [-0.2, 0) is 11.2 Å². The maximum absolute atomic E-state index is 5.38. The molecule has 4 rings (SSSR count). The summed E-state index contributed by atoms with van der Waals surface area (Å²) in [6, 6.07) is 10.3. The van der Waals surface area contributed by atoms with E-state index in [0.29, 0.717) is 5.95 Å². The van der Waals surface area contributed by atoms with Gasteiger partial charge in [0.1, 0.15) is 5.82 Å². The van der Waals surface area contributed by atoms with Gasteiger partial charge in [-0.05, 0) is 24.1 Å². The minimum absolute atomic E-state index is 0.659. The summed E-state index contributed by atoms with van der Waals surface area (Å²) in [6.45, 7) is 6.33. The lowest BCUT2D eigenvalue weighted by molar-refractivity contribution is 0.0398. The van der Waals surface area contributed by atoms with Crippen LogP contribution in [0.2, 0.25) is 0 Å². The van der Waals surface area contributed by atoms with Crippen molar-refractivity contribution in [3.8, 4) is 0 Å². The maximum atomic E-state index is 5.38. The van der Waals surface area contributed by atoms with Crippen LogP contribution in [0.4, 0.5) is 11.8 Å². The highest BCUT2D eigenvalue weighted by atomic mass is 16.5. The summed E-state index contributed by atoms with van der Waals surface area (Å²) in [5.41, 5.74) is 2.48. The molecule has 7 heteroatoms. The number of rotatable bonds is 8. The van der Waals surface area contributed by atoms with E-state index < -0.39 is 0 Å². The summed E-state index contributed by atoms with van der Waals surface area (Å²) < 4.78 is 5.38. The van der Waals surface area contributed by atoms with Gasteiger partial charge in [0.2, 0.25) is 5.95 Å². The van der Waals surface area contributed by atoms with E-state index in [4.69, 9.17) is 4.74 Å². The van der Waals surface area contributed by atoms with E-state index >= 15 is 0 Å². The molecular formula is C20H26N6O. The molecule has 0 atom stereocenters. The molecule has 27 heavy (non-hydrogen) atoms. The first-order chi connectivity index (χ1) is 13.4. The Morgan fingerprint density at radius 3 is 2.89 bits per heavy atom. The van der Waals surface area contributed by atoms with Gasteiger partial charge in [0, 0.05) is 56.0 Å². The SMILES string of the molecule is c1ccc2c(CCNc3nccc(NCCN4CCOCC4)n3)c[nH]c2c1. The number of para-hydroxylation sites is 1. The van der Waals surface area contributed by atoms with E-state index in [9.17, 15) is 0 Å². The van der Waals surface area contributed by atoms with Crippen molar-refractivity contribution in [3.05, 3.63) is 48.3 Å². The fourth-order valence-corrected chi connectivity index (χ4v) is 3.36. The summed E-state index contributed by atoms with van der Waals surface area (Å²) in [5, 5.41) is 7.98. The number of ether oxygens (including phenoxy) is 1. The second-order valence-corrected chi connectivity index (χ2v) is 6.68. The zero-order chi connectivity index (χ0) is 18.3. The molecule has 0 radical (unpaired) electrons. The molecule has 1 fully saturated rings. The largest absolute Gasteiger partial charge is 0.379 e. The lowest BCUT2D eigenvalue weighted by atomic mass is 10.1. The fraction of sp³-hybridized carbons (Fsp3) is 0.400. The van der Waals surface area contributed by atoms with Crippen LogP contribution in [0, 0.1) is 0 Å². The Morgan fingerprint density at radius 2 is 1.96 bits per heavy atom. The van der Waals surface area contributed by atoms with Crippen molar-refractivity contribution in [1.82, 2.24) is 19.9 Å². The lowest BCUT2D eigenvalue weighted by Gasteiger charge is -2.26. The summed E-state index contributed by atoms with van der Waals surface area (Å²) in [5.74, 6) is 1.51. The highest BCUT2D eigenvalue weighted by molar-refractivity contribution is 5.83. The van der Waals surface area contributed by atoms with Crippen LogP contribution in [0.25, 0.3) is 10.9 Å². The Labute approximate surface area is 159 Å². The number of hydrogen-bond acceptors (Lipinski definition) is 6. The number of nitrogens with zero attached hydrogens (tertiary/aromatic N) is 3. The molecule has 7 nitrogen and oxygen atoms in total. The number of aromatic nitrogens is 3. The van der Waals surface area contributed by atoms with Gasteiger partial charge in [0.25, 0.3) is 0 Å². The van der Waals surface area contributed by atoms with Crippen LogP contribution in [0.5, 0.6) is 0 Å². The molecule has 3 aromatic rings. The average Bonchev–Trinajstić information content (AvgIpc) is 3.13. The highest BCUT2D eigenvalue weighted by Gasteiger charge is 2.09. The van der Waals surface area contributed by atoms with E-state index in [2.05, 4.69) is 54.9 Å². The van der Waals surface area contributed by atoms with Crippen LogP contribution in [-0.4, -0.2) is 65.8 Å². The first kappa shape index (κ1) is 17.8. The van der Waals surface area contributed by atoms with E-state index in [0.717, 1.165) is 58.2 Å². The molecule has 3 heterocycles. The molecule has 1 aromatic carbocycles. The summed E-state index contributed by atoms with van der Waals surface area (Å²) in [4.78, 5) is 14.6. The Balaban J connectivity index is 1.25. The predicted molar refractivity (Wildman–Crippen MR) is 108 cm³/mol. The van der Waals surface area contributed by atoms with Gasteiger partial charge in [0.05, 0.1) is 13.2 Å². The first-order valence-electron chi connectivity index (χ1n) is 9.54. The number of anilines is 2. The standard InChI is InChI=1S/C20H26N6O/c1-2-4-18-17(3-1)16(15-24-18)5-7-22-20-23-8-6-19(25-20)21-9-10-26-11-13-27-14-12-26/h1-4,6,8,15,24H,5,7,9-14H2,(H2,21,22,23,25). The van der Waals surface area contributed by atoms with Crippen molar-refractivity contribution in [2.45, 2.75) is 6.42 Å². The van der Waals surface area contributed by atoms with Gasteiger partial charge in [0.15, 0.2) is 0 Å². The molecule has 0 bridgehead atoms. The Hall–Kier alpha value is -2.64. The molecule has 0 unspecified atom stereocenters. The first-order valence-corrected chi connectivity index (χ1v) is 9.54. The van der Waals surface area contributed by atoms with E-state index in [-0.39, 0.29) is 0 Å². The lowest BCUT2D eigenvalue weighted by Crippen LogP contribution is -2.39. The second kappa shape index (κ2) is 8.83. The number of fused-ring (bicyclic) bond motifs is 1. The molecule has 142 valence electrons. The molecular weight excluding hydrogens is 340 g/mol. The number of H-pyrrole nitrogens is 1. The summed E-state index contributed by atoms with van der Waals surface area (Å²) >= 11 is 0. The van der Waals surface area contributed by atoms with Crippen LogP contribution >= 0.6 is 0 Å². The number of nitrogens with one attached hydrogen (secondary N) is 3. The van der Waals surface area contributed by atoms with Gasteiger partial charge in [-0.2, -0.15) is 4.98 Å². The molecule has 1 aliphatic rings. The van der Waals surface area contributed by atoms with Crippen LogP contribution in [0.15, 0.2) is 42.7 Å². The van der Waals surface area contributed by atoms with Gasteiger partial charge in [-0.1, -0.05) is 18.2 Å². The second-order valence-electron chi connectivity index (χ2n) is 6.68. The van der Waals surface area contributed by atoms with Crippen LogP contribution < -0.4 is 10.6 Å². The maximum Gasteiger partial charge on any atom is 0.224 e. The Morgan fingerprint density at radius 1 is 1.07 bits per heavy atom. The Bertz CT molecular complexity index is 858. The van der Waals surface area contributed by atoms with E-state index in [1.807, 2.05) is 12.1 Å².